The number of amides is 1. The minimum absolute atomic E-state index is 0.0576. The van der Waals surface area contributed by atoms with Crippen LogP contribution in [-0.4, -0.2) is 34.9 Å². The standard InChI is InChI=1S/C16H25ClN2O3/c1-5-16(11-20,8-12-6-7-18-9-13(12)17)10-19-14(21)22-15(2,3)4/h6-7,9,20H,5,8,10-11H2,1-4H3,(H,19,21). The Hall–Kier alpha value is -1.33. The molecule has 0 aliphatic heterocycles. The number of nitrogens with one attached hydrogen (secondary N) is 1. The van der Waals surface area contributed by atoms with E-state index in [-0.39, 0.29) is 6.61 Å². The summed E-state index contributed by atoms with van der Waals surface area (Å²) in [4.78, 5) is 15.8. The minimum Gasteiger partial charge on any atom is -0.444 e. The van der Waals surface area contributed by atoms with E-state index in [1.165, 1.54) is 0 Å². The maximum absolute atomic E-state index is 11.8. The van der Waals surface area contributed by atoms with Gasteiger partial charge in [-0.3, -0.25) is 4.98 Å². The van der Waals surface area contributed by atoms with Crippen LogP contribution in [0.1, 0.15) is 39.7 Å². The number of rotatable bonds is 6. The first-order chi connectivity index (χ1) is 10.2. The van der Waals surface area contributed by atoms with Gasteiger partial charge in [0, 0.05) is 24.4 Å². The Balaban J connectivity index is 2.75. The molecule has 0 saturated carbocycles. The van der Waals surface area contributed by atoms with Crippen LogP contribution in [0.3, 0.4) is 0 Å². The first kappa shape index (κ1) is 18.7. The topological polar surface area (TPSA) is 71.5 Å². The second-order valence-corrected chi connectivity index (χ2v) is 6.92. The average molecular weight is 329 g/mol. The van der Waals surface area contributed by atoms with E-state index in [0.29, 0.717) is 24.4 Å². The SMILES string of the molecule is CCC(CO)(CNC(=O)OC(C)(C)C)Cc1ccncc1Cl. The van der Waals surface area contributed by atoms with Gasteiger partial charge in [-0.05, 0) is 45.2 Å². The van der Waals surface area contributed by atoms with E-state index in [4.69, 9.17) is 16.3 Å². The lowest BCUT2D eigenvalue weighted by Gasteiger charge is -2.32. The molecule has 1 amide bonds. The van der Waals surface area contributed by atoms with Crippen LogP contribution in [0.5, 0.6) is 0 Å². The van der Waals surface area contributed by atoms with Crippen molar-refractivity contribution in [3.63, 3.8) is 0 Å². The van der Waals surface area contributed by atoms with Gasteiger partial charge in [-0.25, -0.2) is 4.79 Å². The number of pyridine rings is 1. The summed E-state index contributed by atoms with van der Waals surface area (Å²) in [6.07, 6.45) is 4.00. The predicted molar refractivity (Wildman–Crippen MR) is 87.0 cm³/mol. The number of aromatic nitrogens is 1. The molecule has 0 aliphatic carbocycles. The van der Waals surface area contributed by atoms with Gasteiger partial charge in [-0.15, -0.1) is 0 Å². The Bertz CT molecular complexity index is 496. The lowest BCUT2D eigenvalue weighted by atomic mass is 9.80. The van der Waals surface area contributed by atoms with Gasteiger partial charge in [0.25, 0.3) is 0 Å². The van der Waals surface area contributed by atoms with Gasteiger partial charge < -0.3 is 15.2 Å². The zero-order chi connectivity index (χ0) is 16.8. The molecule has 1 aromatic heterocycles. The van der Waals surface area contributed by atoms with Crippen molar-refractivity contribution in [3.05, 3.63) is 29.0 Å². The highest BCUT2D eigenvalue weighted by Crippen LogP contribution is 2.29. The molecule has 124 valence electrons. The molecule has 0 spiro atoms. The van der Waals surface area contributed by atoms with Gasteiger partial charge in [-0.2, -0.15) is 0 Å². The third-order valence-corrected chi connectivity index (χ3v) is 3.85. The molecular formula is C16H25ClN2O3. The zero-order valence-corrected chi connectivity index (χ0v) is 14.4. The lowest BCUT2D eigenvalue weighted by Crippen LogP contribution is -2.43. The van der Waals surface area contributed by atoms with Crippen LogP contribution < -0.4 is 5.32 Å². The average Bonchev–Trinajstić information content (AvgIpc) is 2.44. The number of nitrogens with zero attached hydrogens (tertiary/aromatic N) is 1. The number of aliphatic hydroxyl groups is 1. The monoisotopic (exact) mass is 328 g/mol. The van der Waals surface area contributed by atoms with Gasteiger partial charge in [0.15, 0.2) is 0 Å². The van der Waals surface area contributed by atoms with Crippen molar-refractivity contribution in [1.29, 1.82) is 0 Å². The fourth-order valence-corrected chi connectivity index (χ4v) is 2.25. The summed E-state index contributed by atoms with van der Waals surface area (Å²) in [6.45, 7) is 7.65. The minimum atomic E-state index is -0.549. The number of carbonyl (C=O) groups is 1. The van der Waals surface area contributed by atoms with Crippen LogP contribution in [0.4, 0.5) is 4.79 Å². The molecular weight excluding hydrogens is 304 g/mol. The van der Waals surface area contributed by atoms with E-state index < -0.39 is 17.1 Å². The zero-order valence-electron chi connectivity index (χ0n) is 13.6. The van der Waals surface area contributed by atoms with Crippen molar-refractivity contribution in [2.75, 3.05) is 13.2 Å². The lowest BCUT2D eigenvalue weighted by molar-refractivity contribution is 0.0461. The molecule has 5 nitrogen and oxygen atoms in total. The van der Waals surface area contributed by atoms with Gasteiger partial charge in [0.1, 0.15) is 5.60 Å². The van der Waals surface area contributed by atoms with Gasteiger partial charge in [-0.1, -0.05) is 18.5 Å². The van der Waals surface area contributed by atoms with E-state index in [0.717, 1.165) is 5.56 Å². The molecule has 0 bridgehead atoms. The molecule has 1 aromatic rings. The maximum Gasteiger partial charge on any atom is 0.407 e. The largest absolute Gasteiger partial charge is 0.444 e. The van der Waals surface area contributed by atoms with E-state index in [2.05, 4.69) is 10.3 Å². The first-order valence-electron chi connectivity index (χ1n) is 7.37. The Labute approximate surface area is 137 Å². The highest BCUT2D eigenvalue weighted by Gasteiger charge is 2.30. The quantitative estimate of drug-likeness (QED) is 0.841. The van der Waals surface area contributed by atoms with E-state index in [1.54, 1.807) is 12.4 Å². The fraction of sp³-hybridized carbons (Fsp3) is 0.625. The van der Waals surface area contributed by atoms with Crippen LogP contribution in [0, 0.1) is 5.41 Å². The summed E-state index contributed by atoms with van der Waals surface area (Å²) in [5.74, 6) is 0. The van der Waals surface area contributed by atoms with Crippen LogP contribution >= 0.6 is 11.6 Å². The molecule has 6 heteroatoms. The summed E-state index contributed by atoms with van der Waals surface area (Å²) in [6, 6.07) is 1.83. The van der Waals surface area contributed by atoms with E-state index in [1.807, 2.05) is 33.8 Å². The van der Waals surface area contributed by atoms with Crippen molar-refractivity contribution in [2.24, 2.45) is 5.41 Å². The molecule has 1 unspecified atom stereocenters. The third kappa shape index (κ3) is 5.81. The molecule has 1 atom stereocenters. The van der Waals surface area contributed by atoms with E-state index >= 15 is 0 Å². The molecule has 1 heterocycles. The normalized spacial score (nSPS) is 14.3. The maximum atomic E-state index is 11.8. The summed E-state index contributed by atoms with van der Waals surface area (Å²) in [7, 11) is 0. The molecule has 0 fully saturated rings. The molecule has 0 saturated heterocycles. The van der Waals surface area contributed by atoms with Crippen molar-refractivity contribution >= 4 is 17.7 Å². The third-order valence-electron chi connectivity index (χ3n) is 3.51. The van der Waals surface area contributed by atoms with Gasteiger partial charge >= 0.3 is 6.09 Å². The highest BCUT2D eigenvalue weighted by molar-refractivity contribution is 6.31. The molecule has 1 rings (SSSR count). The number of ether oxygens (including phenoxy) is 1. The van der Waals surface area contributed by atoms with Crippen LogP contribution in [0.2, 0.25) is 5.02 Å². The molecule has 22 heavy (non-hydrogen) atoms. The summed E-state index contributed by atoms with van der Waals surface area (Å²) >= 11 is 6.14. The van der Waals surface area contributed by atoms with Crippen LogP contribution in [0.15, 0.2) is 18.5 Å². The number of alkyl carbamates (subject to hydrolysis) is 1. The number of aliphatic hydroxyl groups excluding tert-OH is 1. The number of halogens is 1. The Morgan fingerprint density at radius 3 is 2.64 bits per heavy atom. The van der Waals surface area contributed by atoms with Crippen molar-refractivity contribution in [3.8, 4) is 0 Å². The first-order valence-corrected chi connectivity index (χ1v) is 7.75. The summed E-state index contributed by atoms with van der Waals surface area (Å²) in [5.41, 5.74) is -0.132. The number of hydrogen-bond donors (Lipinski definition) is 2. The van der Waals surface area contributed by atoms with Gasteiger partial charge in [0.05, 0.1) is 11.6 Å². The van der Waals surface area contributed by atoms with Crippen molar-refractivity contribution in [1.82, 2.24) is 10.3 Å². The predicted octanol–water partition coefficient (Wildman–Crippen LogP) is 3.19. The fourth-order valence-electron chi connectivity index (χ4n) is 2.06. The second kappa shape index (κ2) is 7.79. The van der Waals surface area contributed by atoms with Crippen LogP contribution in [0.25, 0.3) is 0 Å². The smallest absolute Gasteiger partial charge is 0.407 e. The van der Waals surface area contributed by atoms with Crippen molar-refractivity contribution < 1.29 is 14.6 Å². The van der Waals surface area contributed by atoms with E-state index in [9.17, 15) is 9.90 Å². The number of carbonyl (C=O) groups excluding carboxylic acids is 1. The number of hydrogen-bond acceptors (Lipinski definition) is 4. The molecule has 0 aromatic carbocycles. The van der Waals surface area contributed by atoms with Crippen molar-refractivity contribution in [2.45, 2.75) is 46.1 Å². The Morgan fingerprint density at radius 1 is 1.45 bits per heavy atom. The Morgan fingerprint density at radius 2 is 2.14 bits per heavy atom. The highest BCUT2D eigenvalue weighted by atomic mass is 35.5. The summed E-state index contributed by atoms with van der Waals surface area (Å²) < 4.78 is 5.23. The van der Waals surface area contributed by atoms with Crippen LogP contribution in [-0.2, 0) is 11.2 Å². The second-order valence-electron chi connectivity index (χ2n) is 6.51. The molecule has 0 radical (unpaired) electrons. The summed E-state index contributed by atoms with van der Waals surface area (Å²) in [5, 5.41) is 13.1. The molecule has 0 aliphatic rings. The van der Waals surface area contributed by atoms with Gasteiger partial charge in [0.2, 0.25) is 0 Å². The molecule has 2 N–H and O–H groups in total. The Kier molecular flexibility index (Phi) is 6.63.